The van der Waals surface area contributed by atoms with Gasteiger partial charge in [-0.2, -0.15) is 0 Å². The molecule has 6 heteroatoms. The van der Waals surface area contributed by atoms with Crippen LogP contribution in [0.1, 0.15) is 25.8 Å². The lowest BCUT2D eigenvalue weighted by Gasteiger charge is -2.17. The quantitative estimate of drug-likeness (QED) is 0.791. The number of rotatable bonds is 6. The smallest absolute Gasteiger partial charge is 0.260 e. The summed E-state index contributed by atoms with van der Waals surface area (Å²) in [7, 11) is 0. The zero-order chi connectivity index (χ0) is 14.4. The first kappa shape index (κ1) is 15.7. The van der Waals surface area contributed by atoms with Gasteiger partial charge in [0.15, 0.2) is 6.10 Å². The topological polar surface area (TPSA) is 64.3 Å². The van der Waals surface area contributed by atoms with E-state index >= 15 is 0 Å². The first-order valence-corrected chi connectivity index (χ1v) is 6.78. The van der Waals surface area contributed by atoms with Gasteiger partial charge in [0.2, 0.25) is 0 Å². The molecule has 1 unspecified atom stereocenters. The van der Waals surface area contributed by atoms with Crippen LogP contribution in [0.5, 0.6) is 5.75 Å². The van der Waals surface area contributed by atoms with E-state index in [4.69, 9.17) is 34.3 Å². The minimum absolute atomic E-state index is 0.141. The lowest BCUT2D eigenvalue weighted by Crippen LogP contribution is -2.37. The molecule has 0 bridgehead atoms. The molecule has 19 heavy (non-hydrogen) atoms. The zero-order valence-electron chi connectivity index (χ0n) is 10.9. The number of nitrogens with one attached hydrogen (secondary N) is 1. The van der Waals surface area contributed by atoms with E-state index in [9.17, 15) is 4.79 Å². The molecule has 1 rings (SSSR count). The summed E-state index contributed by atoms with van der Waals surface area (Å²) in [6.45, 7) is 4.26. The van der Waals surface area contributed by atoms with E-state index in [0.717, 1.165) is 6.42 Å². The Balaban J connectivity index is 2.85. The van der Waals surface area contributed by atoms with Crippen LogP contribution in [-0.2, 0) is 4.79 Å². The SMILES string of the molecule is CCCNC(=O)C(C)Oc1cccc(Cl)c1C(N)=S. The van der Waals surface area contributed by atoms with Crippen molar-refractivity contribution >= 4 is 34.7 Å². The Morgan fingerprint density at radius 1 is 1.58 bits per heavy atom. The van der Waals surface area contributed by atoms with Gasteiger partial charge in [0, 0.05) is 6.54 Å². The van der Waals surface area contributed by atoms with Crippen LogP contribution in [0.25, 0.3) is 0 Å². The number of amides is 1. The first-order chi connectivity index (χ1) is 8.97. The lowest BCUT2D eigenvalue weighted by atomic mass is 10.2. The van der Waals surface area contributed by atoms with Gasteiger partial charge in [0.05, 0.1) is 10.6 Å². The highest BCUT2D eigenvalue weighted by Crippen LogP contribution is 2.27. The van der Waals surface area contributed by atoms with Crippen molar-refractivity contribution in [2.24, 2.45) is 5.73 Å². The first-order valence-electron chi connectivity index (χ1n) is 6.00. The number of carbonyl (C=O) groups is 1. The minimum atomic E-state index is -0.641. The van der Waals surface area contributed by atoms with E-state index in [2.05, 4.69) is 5.32 Å². The second kappa shape index (κ2) is 7.31. The summed E-state index contributed by atoms with van der Waals surface area (Å²) in [6.07, 6.45) is 0.228. The molecule has 1 amide bonds. The average Bonchev–Trinajstić information content (AvgIpc) is 2.35. The number of ether oxygens (including phenoxy) is 1. The predicted molar refractivity (Wildman–Crippen MR) is 80.7 cm³/mol. The molecule has 3 N–H and O–H groups in total. The molecule has 0 saturated carbocycles. The highest BCUT2D eigenvalue weighted by molar-refractivity contribution is 7.80. The Hall–Kier alpha value is -1.33. The van der Waals surface area contributed by atoms with Crippen molar-refractivity contribution in [3.05, 3.63) is 28.8 Å². The van der Waals surface area contributed by atoms with Crippen molar-refractivity contribution in [3.63, 3.8) is 0 Å². The van der Waals surface area contributed by atoms with Crippen LogP contribution < -0.4 is 15.8 Å². The number of benzene rings is 1. The maximum atomic E-state index is 11.7. The molecule has 0 aromatic heterocycles. The second-order valence-corrected chi connectivity index (χ2v) is 4.88. The van der Waals surface area contributed by atoms with Gasteiger partial charge in [0.25, 0.3) is 5.91 Å². The van der Waals surface area contributed by atoms with Crippen molar-refractivity contribution in [2.45, 2.75) is 26.4 Å². The van der Waals surface area contributed by atoms with Crippen LogP contribution in [0.2, 0.25) is 5.02 Å². The molecule has 0 aliphatic carbocycles. The molecule has 0 spiro atoms. The normalized spacial score (nSPS) is 11.7. The summed E-state index contributed by atoms with van der Waals surface area (Å²) < 4.78 is 5.58. The summed E-state index contributed by atoms with van der Waals surface area (Å²) in [6, 6.07) is 5.07. The van der Waals surface area contributed by atoms with E-state index in [0.29, 0.717) is 22.9 Å². The van der Waals surface area contributed by atoms with Crippen molar-refractivity contribution < 1.29 is 9.53 Å². The van der Waals surface area contributed by atoms with E-state index in [-0.39, 0.29) is 10.9 Å². The van der Waals surface area contributed by atoms with Crippen LogP contribution in [0, 0.1) is 0 Å². The van der Waals surface area contributed by atoms with Gasteiger partial charge >= 0.3 is 0 Å². The number of halogens is 1. The van der Waals surface area contributed by atoms with Gasteiger partial charge < -0.3 is 15.8 Å². The third-order valence-corrected chi connectivity index (χ3v) is 2.96. The van der Waals surface area contributed by atoms with Crippen molar-refractivity contribution in [1.82, 2.24) is 5.32 Å². The molecule has 0 aliphatic heterocycles. The Kier molecular flexibility index (Phi) is 6.05. The number of carbonyl (C=O) groups excluding carboxylic acids is 1. The maximum Gasteiger partial charge on any atom is 0.260 e. The molecule has 0 heterocycles. The summed E-state index contributed by atoms with van der Waals surface area (Å²) in [5, 5.41) is 3.16. The van der Waals surface area contributed by atoms with Gasteiger partial charge in [-0.15, -0.1) is 0 Å². The fourth-order valence-electron chi connectivity index (χ4n) is 1.48. The highest BCUT2D eigenvalue weighted by atomic mass is 35.5. The number of nitrogens with two attached hydrogens (primary N) is 1. The van der Waals surface area contributed by atoms with Crippen molar-refractivity contribution in [1.29, 1.82) is 0 Å². The number of hydrogen-bond donors (Lipinski definition) is 2. The van der Waals surface area contributed by atoms with Crippen LogP contribution in [0.15, 0.2) is 18.2 Å². The van der Waals surface area contributed by atoms with Crippen LogP contribution >= 0.6 is 23.8 Å². The lowest BCUT2D eigenvalue weighted by molar-refractivity contribution is -0.127. The minimum Gasteiger partial charge on any atom is -0.480 e. The monoisotopic (exact) mass is 300 g/mol. The maximum absolute atomic E-state index is 11.7. The molecule has 0 fully saturated rings. The van der Waals surface area contributed by atoms with Crippen LogP contribution in [0.4, 0.5) is 0 Å². The van der Waals surface area contributed by atoms with Gasteiger partial charge in [0.1, 0.15) is 10.7 Å². The number of thiocarbonyl (C=S) groups is 1. The van der Waals surface area contributed by atoms with Gasteiger partial charge in [-0.05, 0) is 25.5 Å². The standard InChI is InChI=1S/C13H17ClN2O2S/c1-3-7-16-13(17)8(2)18-10-6-4-5-9(14)11(10)12(15)19/h4-6,8H,3,7H2,1-2H3,(H2,15,19)(H,16,17). The van der Waals surface area contributed by atoms with E-state index in [1.807, 2.05) is 6.92 Å². The summed E-state index contributed by atoms with van der Waals surface area (Å²) in [5.74, 6) is 0.231. The third-order valence-electron chi connectivity index (χ3n) is 2.44. The molecule has 0 radical (unpaired) electrons. The largest absolute Gasteiger partial charge is 0.480 e. The second-order valence-electron chi connectivity index (χ2n) is 4.03. The van der Waals surface area contributed by atoms with Gasteiger partial charge in [-0.25, -0.2) is 0 Å². The molecular formula is C13H17ClN2O2S. The fraction of sp³-hybridized carbons (Fsp3) is 0.385. The van der Waals surface area contributed by atoms with Gasteiger partial charge in [-0.1, -0.05) is 36.8 Å². The third kappa shape index (κ3) is 4.36. The summed E-state index contributed by atoms with van der Waals surface area (Å²) >= 11 is 11.0. The fourth-order valence-corrected chi connectivity index (χ4v) is 2.01. The van der Waals surface area contributed by atoms with E-state index < -0.39 is 6.10 Å². The Labute approximate surface area is 123 Å². The molecule has 1 atom stereocenters. The molecule has 1 aromatic rings. The summed E-state index contributed by atoms with van der Waals surface area (Å²) in [4.78, 5) is 11.9. The predicted octanol–water partition coefficient (Wildman–Crippen LogP) is 2.27. The average molecular weight is 301 g/mol. The van der Waals surface area contributed by atoms with Crippen molar-refractivity contribution in [3.8, 4) is 5.75 Å². The molecule has 0 saturated heterocycles. The molecule has 0 aliphatic rings. The van der Waals surface area contributed by atoms with Crippen LogP contribution in [-0.4, -0.2) is 23.5 Å². The molecule has 4 nitrogen and oxygen atoms in total. The zero-order valence-corrected chi connectivity index (χ0v) is 12.5. The Morgan fingerprint density at radius 2 is 2.26 bits per heavy atom. The number of hydrogen-bond acceptors (Lipinski definition) is 3. The highest BCUT2D eigenvalue weighted by Gasteiger charge is 2.18. The Bertz CT molecular complexity index is 480. The van der Waals surface area contributed by atoms with Gasteiger partial charge in [-0.3, -0.25) is 4.79 Å². The molecule has 1 aromatic carbocycles. The van der Waals surface area contributed by atoms with Crippen molar-refractivity contribution in [2.75, 3.05) is 6.54 Å². The molecule has 104 valence electrons. The van der Waals surface area contributed by atoms with E-state index in [1.165, 1.54) is 0 Å². The Morgan fingerprint density at radius 3 is 2.84 bits per heavy atom. The van der Waals surface area contributed by atoms with E-state index in [1.54, 1.807) is 25.1 Å². The molecular weight excluding hydrogens is 284 g/mol. The summed E-state index contributed by atoms with van der Waals surface area (Å²) in [5.41, 5.74) is 6.07. The van der Waals surface area contributed by atoms with Crippen LogP contribution in [0.3, 0.4) is 0 Å².